The Morgan fingerprint density at radius 2 is 1.60 bits per heavy atom. The molecule has 152 valence electrons. The second-order valence-electron chi connectivity index (χ2n) is 6.86. The molecule has 1 atom stereocenters. The number of phenolic OH excluding ortho intramolecular Hbond substituents is 1. The van der Waals surface area contributed by atoms with E-state index < -0.39 is 23.4 Å². The van der Waals surface area contributed by atoms with Gasteiger partial charge in [0.1, 0.15) is 11.2 Å². The Labute approximate surface area is 172 Å². The summed E-state index contributed by atoms with van der Waals surface area (Å²) < 4.78 is 50.7. The van der Waals surface area contributed by atoms with E-state index in [1.807, 2.05) is 0 Å². The summed E-state index contributed by atoms with van der Waals surface area (Å²) in [6, 6.07) is 12.5. The standard InChI is InChI=1S/C21H11ClF3NO4/c22-14-7-6-13-18(17(14)23)26-19(28)20(13,10-1-4-12(27)5-2-10)11-3-8-15-16(9-11)30-21(24,25)29-15/h1-9,27H,(H,26,28). The lowest BCUT2D eigenvalue weighted by Gasteiger charge is -2.29. The maximum atomic E-state index is 14.7. The largest absolute Gasteiger partial charge is 0.586 e. The zero-order valence-corrected chi connectivity index (χ0v) is 15.6. The van der Waals surface area contributed by atoms with Gasteiger partial charge in [-0.25, -0.2) is 4.39 Å². The van der Waals surface area contributed by atoms with Crippen LogP contribution in [0.5, 0.6) is 17.2 Å². The van der Waals surface area contributed by atoms with Crippen LogP contribution < -0.4 is 14.8 Å². The summed E-state index contributed by atoms with van der Waals surface area (Å²) in [5.41, 5.74) is -0.852. The Kier molecular flexibility index (Phi) is 3.76. The van der Waals surface area contributed by atoms with Crippen molar-refractivity contribution in [1.82, 2.24) is 0 Å². The van der Waals surface area contributed by atoms with Gasteiger partial charge in [0.25, 0.3) is 0 Å². The number of fused-ring (bicyclic) bond motifs is 2. The number of nitrogens with one attached hydrogen (secondary N) is 1. The van der Waals surface area contributed by atoms with Crippen LogP contribution in [0, 0.1) is 5.82 Å². The highest BCUT2D eigenvalue weighted by Gasteiger charge is 2.52. The van der Waals surface area contributed by atoms with Crippen LogP contribution in [0.2, 0.25) is 5.02 Å². The van der Waals surface area contributed by atoms with Gasteiger partial charge < -0.3 is 19.9 Å². The van der Waals surface area contributed by atoms with E-state index in [1.54, 1.807) is 0 Å². The molecule has 30 heavy (non-hydrogen) atoms. The SMILES string of the molecule is O=C1Nc2c(ccc(Cl)c2F)C1(c1ccc(O)cc1)c1ccc2c(c1)OC(F)(F)O2. The zero-order chi connectivity index (χ0) is 21.3. The molecule has 3 aromatic rings. The van der Waals surface area contributed by atoms with Crippen molar-refractivity contribution in [1.29, 1.82) is 0 Å². The van der Waals surface area contributed by atoms with Gasteiger partial charge >= 0.3 is 6.29 Å². The van der Waals surface area contributed by atoms with E-state index in [-0.39, 0.29) is 39.1 Å². The summed E-state index contributed by atoms with van der Waals surface area (Å²) in [6.45, 7) is 0. The number of carbonyl (C=O) groups is 1. The number of anilines is 1. The molecule has 0 radical (unpaired) electrons. The molecular formula is C21H11ClF3NO4. The van der Waals surface area contributed by atoms with E-state index in [0.717, 1.165) is 0 Å². The molecule has 0 aliphatic carbocycles. The molecule has 0 fully saturated rings. The molecule has 9 heteroatoms. The van der Waals surface area contributed by atoms with Gasteiger partial charge in [-0.1, -0.05) is 35.9 Å². The molecule has 0 bridgehead atoms. The molecule has 0 saturated carbocycles. The predicted molar refractivity (Wildman–Crippen MR) is 101 cm³/mol. The topological polar surface area (TPSA) is 67.8 Å². The van der Waals surface area contributed by atoms with E-state index in [1.165, 1.54) is 54.6 Å². The summed E-state index contributed by atoms with van der Waals surface area (Å²) in [7, 11) is 0. The second kappa shape index (κ2) is 6.06. The van der Waals surface area contributed by atoms with Gasteiger partial charge in [0, 0.05) is 5.56 Å². The molecule has 0 saturated heterocycles. The first-order valence-corrected chi connectivity index (χ1v) is 9.10. The van der Waals surface area contributed by atoms with Crippen LogP contribution in [-0.4, -0.2) is 17.3 Å². The van der Waals surface area contributed by atoms with Gasteiger partial charge in [0.2, 0.25) is 5.91 Å². The Morgan fingerprint density at radius 3 is 2.33 bits per heavy atom. The van der Waals surface area contributed by atoms with Gasteiger partial charge in [-0.2, -0.15) is 0 Å². The Morgan fingerprint density at radius 1 is 0.933 bits per heavy atom. The average molecular weight is 434 g/mol. The van der Waals surface area contributed by atoms with E-state index in [9.17, 15) is 23.1 Å². The number of aromatic hydroxyl groups is 1. The van der Waals surface area contributed by atoms with Crippen LogP contribution in [0.25, 0.3) is 0 Å². The predicted octanol–water partition coefficient (Wildman–Crippen LogP) is 4.79. The van der Waals surface area contributed by atoms with Crippen molar-refractivity contribution >= 4 is 23.2 Å². The minimum atomic E-state index is -3.83. The van der Waals surface area contributed by atoms with Crippen LogP contribution in [0.4, 0.5) is 18.9 Å². The molecule has 5 rings (SSSR count). The molecule has 0 aromatic heterocycles. The Hall–Kier alpha value is -3.39. The first-order valence-electron chi connectivity index (χ1n) is 8.72. The maximum absolute atomic E-state index is 14.7. The van der Waals surface area contributed by atoms with Gasteiger partial charge in [0.05, 0.1) is 10.7 Å². The van der Waals surface area contributed by atoms with E-state index in [0.29, 0.717) is 5.56 Å². The number of phenols is 1. The number of hydrogen-bond acceptors (Lipinski definition) is 4. The molecule has 2 N–H and O–H groups in total. The summed E-state index contributed by atoms with van der Waals surface area (Å²) in [6.07, 6.45) is -3.83. The van der Waals surface area contributed by atoms with Crippen molar-refractivity contribution in [2.75, 3.05) is 5.32 Å². The van der Waals surface area contributed by atoms with Gasteiger partial charge in [-0.3, -0.25) is 4.79 Å². The summed E-state index contributed by atoms with van der Waals surface area (Å²) >= 11 is 5.87. The molecule has 1 amide bonds. The number of benzene rings is 3. The van der Waals surface area contributed by atoms with E-state index in [4.69, 9.17) is 11.6 Å². The number of rotatable bonds is 2. The molecular weight excluding hydrogens is 423 g/mol. The molecule has 1 unspecified atom stereocenters. The minimum absolute atomic E-state index is 0.0415. The maximum Gasteiger partial charge on any atom is 0.586 e. The second-order valence-corrected chi connectivity index (χ2v) is 7.27. The highest BCUT2D eigenvalue weighted by Crippen LogP contribution is 2.52. The fourth-order valence-corrected chi connectivity index (χ4v) is 4.11. The zero-order valence-electron chi connectivity index (χ0n) is 14.9. The van der Waals surface area contributed by atoms with Crippen LogP contribution in [-0.2, 0) is 10.2 Å². The molecule has 5 nitrogen and oxygen atoms in total. The minimum Gasteiger partial charge on any atom is -0.508 e. The summed E-state index contributed by atoms with van der Waals surface area (Å²) in [4.78, 5) is 13.3. The number of halogens is 4. The summed E-state index contributed by atoms with van der Waals surface area (Å²) in [5, 5.41) is 12.0. The van der Waals surface area contributed by atoms with Gasteiger partial charge in [0.15, 0.2) is 17.3 Å². The fraction of sp³-hybridized carbons (Fsp3) is 0.0952. The highest BCUT2D eigenvalue weighted by atomic mass is 35.5. The van der Waals surface area contributed by atoms with Crippen molar-refractivity contribution in [2.45, 2.75) is 11.7 Å². The lowest BCUT2D eigenvalue weighted by Crippen LogP contribution is -2.37. The van der Waals surface area contributed by atoms with Crippen LogP contribution >= 0.6 is 11.6 Å². The molecule has 2 heterocycles. The Bertz CT molecular complexity index is 1220. The third-order valence-electron chi connectivity index (χ3n) is 5.21. The van der Waals surface area contributed by atoms with Crippen molar-refractivity contribution in [3.05, 3.63) is 82.1 Å². The molecule has 2 aliphatic heterocycles. The lowest BCUT2D eigenvalue weighted by atomic mass is 9.70. The van der Waals surface area contributed by atoms with Crippen LogP contribution in [0.3, 0.4) is 0 Å². The highest BCUT2D eigenvalue weighted by molar-refractivity contribution is 6.31. The average Bonchev–Trinajstić information content (AvgIpc) is 3.17. The smallest absolute Gasteiger partial charge is 0.508 e. The third-order valence-corrected chi connectivity index (χ3v) is 5.50. The number of ether oxygens (including phenoxy) is 2. The van der Waals surface area contributed by atoms with Crippen LogP contribution in [0.15, 0.2) is 54.6 Å². The normalized spacial score (nSPS) is 20.7. The van der Waals surface area contributed by atoms with Crippen molar-refractivity contribution in [2.24, 2.45) is 0 Å². The van der Waals surface area contributed by atoms with Crippen molar-refractivity contribution in [3.63, 3.8) is 0 Å². The number of hydrogen-bond donors (Lipinski definition) is 2. The fourth-order valence-electron chi connectivity index (χ4n) is 3.95. The van der Waals surface area contributed by atoms with Gasteiger partial charge in [-0.15, -0.1) is 8.78 Å². The first kappa shape index (κ1) is 18.6. The van der Waals surface area contributed by atoms with E-state index in [2.05, 4.69) is 14.8 Å². The molecule has 0 spiro atoms. The number of carbonyl (C=O) groups excluding carboxylic acids is 1. The summed E-state index contributed by atoms with van der Waals surface area (Å²) in [5.74, 6) is -1.91. The lowest BCUT2D eigenvalue weighted by molar-refractivity contribution is -0.286. The number of amides is 1. The Balaban J connectivity index is 1.81. The molecule has 3 aromatic carbocycles. The monoisotopic (exact) mass is 433 g/mol. The van der Waals surface area contributed by atoms with Crippen molar-refractivity contribution in [3.8, 4) is 17.2 Å². The quantitative estimate of drug-likeness (QED) is 0.609. The van der Waals surface area contributed by atoms with Crippen molar-refractivity contribution < 1.29 is 32.5 Å². The van der Waals surface area contributed by atoms with Gasteiger partial charge in [-0.05, 0) is 41.5 Å². The third kappa shape index (κ3) is 2.46. The molecule has 2 aliphatic rings. The first-order chi connectivity index (χ1) is 14.2. The van der Waals surface area contributed by atoms with E-state index >= 15 is 0 Å². The van der Waals surface area contributed by atoms with Crippen LogP contribution in [0.1, 0.15) is 16.7 Å². The number of alkyl halides is 2.